The summed E-state index contributed by atoms with van der Waals surface area (Å²) in [6, 6.07) is 4.06. The second kappa shape index (κ2) is 7.19. The van der Waals surface area contributed by atoms with E-state index in [0.717, 1.165) is 38.6 Å². The van der Waals surface area contributed by atoms with Gasteiger partial charge in [-0.2, -0.15) is 4.31 Å². The molecule has 7 heteroatoms. The minimum Gasteiger partial charge on any atom is -0.384 e. The van der Waals surface area contributed by atoms with Gasteiger partial charge in [0.2, 0.25) is 10.0 Å². The van der Waals surface area contributed by atoms with Gasteiger partial charge in [0.25, 0.3) is 0 Å². The van der Waals surface area contributed by atoms with E-state index in [1.165, 1.54) is 25.5 Å². The molecule has 0 bridgehead atoms. The Labute approximate surface area is 156 Å². The number of piperidine rings is 1. The summed E-state index contributed by atoms with van der Waals surface area (Å²) < 4.78 is 32.9. The Morgan fingerprint density at radius 1 is 1.31 bits per heavy atom. The van der Waals surface area contributed by atoms with Crippen LogP contribution in [0.5, 0.6) is 0 Å². The molecule has 3 fully saturated rings. The van der Waals surface area contributed by atoms with E-state index in [9.17, 15) is 8.42 Å². The molecule has 1 aromatic heterocycles. The van der Waals surface area contributed by atoms with Gasteiger partial charge < -0.3 is 4.74 Å². The zero-order valence-electron chi connectivity index (χ0n) is 15.5. The number of aromatic nitrogens is 1. The van der Waals surface area contributed by atoms with E-state index >= 15 is 0 Å². The van der Waals surface area contributed by atoms with E-state index in [2.05, 4.69) is 9.88 Å². The molecule has 2 aliphatic heterocycles. The largest absolute Gasteiger partial charge is 0.384 e. The van der Waals surface area contributed by atoms with Crippen molar-refractivity contribution in [2.75, 3.05) is 39.9 Å². The number of methoxy groups -OCH3 is 1. The van der Waals surface area contributed by atoms with Crippen LogP contribution in [-0.2, 0) is 14.8 Å². The van der Waals surface area contributed by atoms with E-state index in [0.29, 0.717) is 23.9 Å². The predicted molar refractivity (Wildman–Crippen MR) is 99.2 cm³/mol. The van der Waals surface area contributed by atoms with Crippen LogP contribution in [-0.4, -0.2) is 68.5 Å². The number of ether oxygens (including phenoxy) is 1. The molecule has 1 atom stereocenters. The number of pyridine rings is 1. The maximum atomic E-state index is 12.9. The third-order valence-electron chi connectivity index (χ3n) is 6.79. The first-order chi connectivity index (χ1) is 12.5. The summed E-state index contributed by atoms with van der Waals surface area (Å²) in [7, 11) is -1.66. The smallest absolute Gasteiger partial charge is 0.244 e. The summed E-state index contributed by atoms with van der Waals surface area (Å²) in [6.45, 7) is 4.17. The quantitative estimate of drug-likeness (QED) is 0.783. The molecule has 0 amide bonds. The lowest BCUT2D eigenvalue weighted by Crippen LogP contribution is -2.47. The normalized spacial score (nSPS) is 27.7. The molecule has 144 valence electrons. The molecular formula is C19H29N3O3S. The van der Waals surface area contributed by atoms with Crippen molar-refractivity contribution in [3.05, 3.63) is 24.5 Å². The summed E-state index contributed by atoms with van der Waals surface area (Å²) in [5.41, 5.74) is 0.201. The zero-order chi connectivity index (χ0) is 18.2. The third kappa shape index (κ3) is 3.19. The average molecular weight is 380 g/mol. The topological polar surface area (TPSA) is 62.7 Å². The van der Waals surface area contributed by atoms with Crippen LogP contribution in [0.4, 0.5) is 0 Å². The minimum atomic E-state index is -3.44. The van der Waals surface area contributed by atoms with Crippen LogP contribution >= 0.6 is 0 Å². The van der Waals surface area contributed by atoms with Gasteiger partial charge in [-0.3, -0.25) is 9.88 Å². The van der Waals surface area contributed by atoms with Gasteiger partial charge >= 0.3 is 0 Å². The molecular weight excluding hydrogens is 350 g/mol. The first-order valence-corrected chi connectivity index (χ1v) is 11.1. The molecule has 2 saturated heterocycles. The van der Waals surface area contributed by atoms with Crippen molar-refractivity contribution < 1.29 is 13.2 Å². The number of hydrogen-bond donors (Lipinski definition) is 0. The Morgan fingerprint density at radius 3 is 2.65 bits per heavy atom. The molecule has 0 aromatic carbocycles. The van der Waals surface area contributed by atoms with Gasteiger partial charge in [0.1, 0.15) is 4.90 Å². The standard InChI is InChI=1S/C19H29N3O3S/c1-25-14-16-13-21(17-4-2-5-17)15-19(16)7-10-22(11-8-19)26(23,24)18-6-3-9-20-12-18/h3,6,9,12,16-17H,2,4-5,7-8,10-11,13-15H2,1H3. The fraction of sp³-hybridized carbons (Fsp3) is 0.737. The average Bonchev–Trinajstić information content (AvgIpc) is 2.92. The van der Waals surface area contributed by atoms with Gasteiger partial charge in [-0.15, -0.1) is 0 Å². The Bertz CT molecular complexity index is 713. The SMILES string of the molecule is COCC1CN(C2CCC2)CC12CCN(S(=O)(=O)c1cccnc1)CC2. The van der Waals surface area contributed by atoms with Crippen LogP contribution in [0, 0.1) is 11.3 Å². The molecule has 1 aliphatic carbocycles. The number of likely N-dealkylation sites (tertiary alicyclic amines) is 1. The Balaban J connectivity index is 1.47. The third-order valence-corrected chi connectivity index (χ3v) is 8.67. The molecule has 0 N–H and O–H groups in total. The van der Waals surface area contributed by atoms with Crippen LogP contribution < -0.4 is 0 Å². The van der Waals surface area contributed by atoms with Gasteiger partial charge in [0, 0.05) is 57.6 Å². The summed E-state index contributed by atoms with van der Waals surface area (Å²) in [4.78, 5) is 6.92. The maximum absolute atomic E-state index is 12.9. The van der Waals surface area contributed by atoms with Crippen LogP contribution in [0.25, 0.3) is 0 Å². The minimum absolute atomic E-state index is 0.201. The van der Waals surface area contributed by atoms with Gasteiger partial charge in [-0.25, -0.2) is 8.42 Å². The van der Waals surface area contributed by atoms with Crippen molar-refractivity contribution in [2.45, 2.75) is 43.0 Å². The number of sulfonamides is 1. The first-order valence-electron chi connectivity index (χ1n) is 9.68. The van der Waals surface area contributed by atoms with Gasteiger partial charge in [-0.1, -0.05) is 6.42 Å². The molecule has 1 spiro atoms. The highest BCUT2D eigenvalue weighted by molar-refractivity contribution is 7.89. The van der Waals surface area contributed by atoms with Crippen molar-refractivity contribution >= 4 is 10.0 Å². The highest BCUT2D eigenvalue weighted by Crippen LogP contribution is 2.47. The summed E-state index contributed by atoms with van der Waals surface area (Å²) in [6.07, 6.45) is 8.87. The first kappa shape index (κ1) is 18.3. The van der Waals surface area contributed by atoms with E-state index < -0.39 is 10.0 Å². The monoisotopic (exact) mass is 379 g/mol. The van der Waals surface area contributed by atoms with Crippen molar-refractivity contribution in [1.29, 1.82) is 0 Å². The molecule has 4 rings (SSSR count). The summed E-state index contributed by atoms with van der Waals surface area (Å²) in [5.74, 6) is 0.511. The van der Waals surface area contributed by atoms with Gasteiger partial charge in [0.05, 0.1) is 6.61 Å². The number of nitrogens with zero attached hydrogens (tertiary/aromatic N) is 3. The predicted octanol–water partition coefficient (Wildman–Crippen LogP) is 1.98. The highest BCUT2D eigenvalue weighted by atomic mass is 32.2. The van der Waals surface area contributed by atoms with Crippen LogP contribution in [0.3, 0.4) is 0 Å². The lowest BCUT2D eigenvalue weighted by molar-refractivity contribution is 0.0556. The lowest BCUT2D eigenvalue weighted by atomic mass is 9.71. The van der Waals surface area contributed by atoms with Crippen molar-refractivity contribution in [3.63, 3.8) is 0 Å². The van der Waals surface area contributed by atoms with E-state index in [-0.39, 0.29) is 5.41 Å². The van der Waals surface area contributed by atoms with E-state index in [1.54, 1.807) is 29.7 Å². The highest BCUT2D eigenvalue weighted by Gasteiger charge is 2.50. The summed E-state index contributed by atoms with van der Waals surface area (Å²) in [5, 5.41) is 0. The molecule has 1 aromatic rings. The Morgan fingerprint density at radius 2 is 2.08 bits per heavy atom. The second-order valence-corrected chi connectivity index (χ2v) is 10.1. The van der Waals surface area contributed by atoms with E-state index in [1.807, 2.05) is 0 Å². The molecule has 3 aliphatic rings. The molecule has 1 unspecified atom stereocenters. The molecule has 1 saturated carbocycles. The zero-order valence-corrected chi connectivity index (χ0v) is 16.3. The molecule has 6 nitrogen and oxygen atoms in total. The van der Waals surface area contributed by atoms with Gasteiger partial charge in [-0.05, 0) is 43.2 Å². The van der Waals surface area contributed by atoms with Crippen LogP contribution in [0.2, 0.25) is 0 Å². The fourth-order valence-corrected chi connectivity index (χ4v) is 6.33. The van der Waals surface area contributed by atoms with Crippen molar-refractivity contribution in [1.82, 2.24) is 14.2 Å². The van der Waals surface area contributed by atoms with Crippen LogP contribution in [0.15, 0.2) is 29.4 Å². The van der Waals surface area contributed by atoms with E-state index in [4.69, 9.17) is 4.74 Å². The van der Waals surface area contributed by atoms with Crippen molar-refractivity contribution in [3.8, 4) is 0 Å². The lowest BCUT2D eigenvalue weighted by Gasteiger charge is -2.42. The van der Waals surface area contributed by atoms with Gasteiger partial charge in [0.15, 0.2) is 0 Å². The number of hydrogen-bond acceptors (Lipinski definition) is 5. The molecule has 0 radical (unpaired) electrons. The van der Waals surface area contributed by atoms with Crippen LogP contribution in [0.1, 0.15) is 32.1 Å². The van der Waals surface area contributed by atoms with Crippen molar-refractivity contribution in [2.24, 2.45) is 11.3 Å². The number of rotatable bonds is 5. The Kier molecular flexibility index (Phi) is 5.07. The summed E-state index contributed by atoms with van der Waals surface area (Å²) >= 11 is 0. The fourth-order valence-electron chi connectivity index (χ4n) is 4.92. The molecule has 3 heterocycles. The second-order valence-electron chi connectivity index (χ2n) is 8.12. The maximum Gasteiger partial charge on any atom is 0.244 e. The molecule has 26 heavy (non-hydrogen) atoms. The Hall–Kier alpha value is -1.02.